The number of ketones is 1. The summed E-state index contributed by atoms with van der Waals surface area (Å²) in [5.41, 5.74) is -0.632. The first kappa shape index (κ1) is 14.1. The first-order valence-electron chi connectivity index (χ1n) is 4.83. The summed E-state index contributed by atoms with van der Waals surface area (Å²) in [6.45, 7) is 5.20. The highest BCUT2D eigenvalue weighted by molar-refractivity contribution is 9.10. The molecule has 0 atom stereocenters. The number of carbonyl (C=O) groups excluding carboxylic acids is 1. The molecule has 0 aliphatic carbocycles. The van der Waals surface area contributed by atoms with Crippen molar-refractivity contribution in [2.45, 2.75) is 20.8 Å². The van der Waals surface area contributed by atoms with Crippen molar-refractivity contribution in [2.24, 2.45) is 5.41 Å². The topological polar surface area (TPSA) is 60.2 Å². The highest BCUT2D eigenvalue weighted by Gasteiger charge is 2.27. The van der Waals surface area contributed by atoms with Crippen molar-refractivity contribution >= 4 is 39.0 Å². The van der Waals surface area contributed by atoms with Crippen molar-refractivity contribution < 1.29 is 9.72 Å². The van der Waals surface area contributed by atoms with Crippen molar-refractivity contribution in [1.29, 1.82) is 0 Å². The fraction of sp³-hybridized carbons (Fsp3) is 0.364. The Morgan fingerprint density at radius 3 is 2.35 bits per heavy atom. The summed E-state index contributed by atoms with van der Waals surface area (Å²) in [6.07, 6.45) is 0. The van der Waals surface area contributed by atoms with Crippen molar-refractivity contribution in [2.75, 3.05) is 0 Å². The van der Waals surface area contributed by atoms with Gasteiger partial charge in [-0.05, 0) is 15.9 Å². The molecule has 17 heavy (non-hydrogen) atoms. The van der Waals surface area contributed by atoms with Gasteiger partial charge in [-0.25, -0.2) is 0 Å². The van der Waals surface area contributed by atoms with Gasteiger partial charge in [0.25, 0.3) is 5.69 Å². The number of rotatable bonds is 2. The second kappa shape index (κ2) is 4.74. The highest BCUT2D eigenvalue weighted by atomic mass is 79.9. The maximum Gasteiger partial charge on any atom is 0.271 e. The summed E-state index contributed by atoms with van der Waals surface area (Å²) in [5.74, 6) is -0.230. The van der Waals surface area contributed by atoms with Gasteiger partial charge >= 0.3 is 0 Å². The summed E-state index contributed by atoms with van der Waals surface area (Å²) in [5, 5.41) is 10.9. The maximum atomic E-state index is 12.1. The van der Waals surface area contributed by atoms with E-state index in [1.165, 1.54) is 12.1 Å². The molecule has 0 radical (unpaired) electrons. The summed E-state index contributed by atoms with van der Waals surface area (Å²) in [4.78, 5) is 22.3. The van der Waals surface area contributed by atoms with Crippen molar-refractivity contribution in [1.82, 2.24) is 0 Å². The van der Waals surface area contributed by atoms with Gasteiger partial charge in [0.1, 0.15) is 0 Å². The predicted octanol–water partition coefficient (Wildman–Crippen LogP) is 4.24. The zero-order valence-corrected chi connectivity index (χ0v) is 11.9. The fourth-order valence-corrected chi connectivity index (χ4v) is 1.89. The predicted molar refractivity (Wildman–Crippen MR) is 69.6 cm³/mol. The Morgan fingerprint density at radius 1 is 1.41 bits per heavy atom. The Hall–Kier alpha value is -0.940. The first-order chi connectivity index (χ1) is 7.64. The van der Waals surface area contributed by atoms with E-state index < -0.39 is 10.3 Å². The lowest BCUT2D eigenvalue weighted by Gasteiger charge is -2.17. The average molecular weight is 321 g/mol. The summed E-state index contributed by atoms with van der Waals surface area (Å²) in [6, 6.07) is 2.49. The highest BCUT2D eigenvalue weighted by Crippen LogP contribution is 2.34. The molecule has 0 saturated carbocycles. The van der Waals surface area contributed by atoms with Gasteiger partial charge < -0.3 is 0 Å². The quantitative estimate of drug-likeness (QED) is 0.465. The van der Waals surface area contributed by atoms with Gasteiger partial charge in [0.2, 0.25) is 0 Å². The van der Waals surface area contributed by atoms with E-state index in [4.69, 9.17) is 11.6 Å². The Balaban J connectivity index is 3.43. The minimum Gasteiger partial charge on any atom is -0.294 e. The molecular weight excluding hydrogens is 309 g/mol. The number of halogens is 2. The number of nitrogens with zero attached hydrogens (tertiary/aromatic N) is 1. The zero-order chi connectivity index (χ0) is 13.4. The zero-order valence-electron chi connectivity index (χ0n) is 9.58. The van der Waals surface area contributed by atoms with Crippen LogP contribution in [0.15, 0.2) is 16.6 Å². The fourth-order valence-electron chi connectivity index (χ4n) is 1.25. The van der Waals surface area contributed by atoms with Crippen LogP contribution in [0, 0.1) is 15.5 Å². The SMILES string of the molecule is CC(C)(C)C(=O)c1cc([N+](=O)[O-])cc(Br)c1Cl. The molecule has 0 bridgehead atoms. The number of hydrogen-bond acceptors (Lipinski definition) is 3. The average Bonchev–Trinajstić information content (AvgIpc) is 2.19. The van der Waals surface area contributed by atoms with Crippen molar-refractivity contribution in [3.05, 3.63) is 37.3 Å². The summed E-state index contributed by atoms with van der Waals surface area (Å²) < 4.78 is 0.348. The number of carbonyl (C=O) groups is 1. The van der Waals surface area contributed by atoms with E-state index in [1.54, 1.807) is 20.8 Å². The molecule has 0 aromatic heterocycles. The van der Waals surface area contributed by atoms with Crippen molar-refractivity contribution in [3.8, 4) is 0 Å². The van der Waals surface area contributed by atoms with E-state index >= 15 is 0 Å². The normalized spacial score (nSPS) is 11.4. The molecule has 6 heteroatoms. The Bertz CT molecular complexity index is 494. The molecule has 4 nitrogen and oxygen atoms in total. The monoisotopic (exact) mass is 319 g/mol. The van der Waals surface area contributed by atoms with Crippen LogP contribution >= 0.6 is 27.5 Å². The molecule has 0 amide bonds. The van der Waals surface area contributed by atoms with Gasteiger partial charge in [-0.1, -0.05) is 32.4 Å². The van der Waals surface area contributed by atoms with Crippen LogP contribution in [0.2, 0.25) is 5.02 Å². The van der Waals surface area contributed by atoms with E-state index in [0.29, 0.717) is 4.47 Å². The van der Waals surface area contributed by atoms with E-state index in [2.05, 4.69) is 15.9 Å². The number of nitro groups is 1. The number of nitro benzene ring substituents is 1. The molecule has 1 aromatic carbocycles. The Morgan fingerprint density at radius 2 is 1.94 bits per heavy atom. The number of non-ortho nitro benzene ring substituents is 1. The van der Waals surface area contributed by atoms with Gasteiger partial charge in [0.15, 0.2) is 5.78 Å². The minimum absolute atomic E-state index is 0.158. The molecule has 0 unspecified atom stereocenters. The van der Waals surface area contributed by atoms with Crippen molar-refractivity contribution in [3.63, 3.8) is 0 Å². The van der Waals surface area contributed by atoms with Gasteiger partial charge in [-0.2, -0.15) is 0 Å². The molecule has 92 valence electrons. The minimum atomic E-state index is -0.641. The second-order valence-corrected chi connectivity index (χ2v) is 5.86. The van der Waals surface area contributed by atoms with Crippen LogP contribution in [0.1, 0.15) is 31.1 Å². The van der Waals surface area contributed by atoms with Crippen LogP contribution in [-0.4, -0.2) is 10.7 Å². The van der Waals surface area contributed by atoms with Gasteiger partial charge in [-0.15, -0.1) is 0 Å². The van der Waals surface area contributed by atoms with Crippen LogP contribution in [0.3, 0.4) is 0 Å². The molecule has 0 heterocycles. The first-order valence-corrected chi connectivity index (χ1v) is 6.00. The lowest BCUT2D eigenvalue weighted by molar-refractivity contribution is -0.384. The number of Topliss-reactive ketones (excluding diaryl/α,β-unsaturated/α-hetero) is 1. The van der Waals surface area contributed by atoms with E-state index in [9.17, 15) is 14.9 Å². The molecule has 0 N–H and O–H groups in total. The van der Waals surface area contributed by atoms with Gasteiger partial charge in [0.05, 0.1) is 9.95 Å². The molecule has 0 spiro atoms. The third-order valence-electron chi connectivity index (χ3n) is 2.15. The van der Waals surface area contributed by atoms with Gasteiger partial charge in [-0.3, -0.25) is 14.9 Å². The number of hydrogen-bond donors (Lipinski definition) is 0. The van der Waals surface area contributed by atoms with E-state index in [0.717, 1.165) is 0 Å². The molecular formula is C11H11BrClNO3. The van der Waals surface area contributed by atoms with E-state index in [-0.39, 0.29) is 22.1 Å². The summed E-state index contributed by atoms with van der Waals surface area (Å²) >= 11 is 9.09. The number of benzene rings is 1. The maximum absolute atomic E-state index is 12.1. The smallest absolute Gasteiger partial charge is 0.271 e. The Kier molecular flexibility index (Phi) is 3.94. The lowest BCUT2D eigenvalue weighted by atomic mass is 9.86. The van der Waals surface area contributed by atoms with Gasteiger partial charge in [0, 0.05) is 27.6 Å². The van der Waals surface area contributed by atoms with E-state index in [1.807, 2.05) is 0 Å². The lowest BCUT2D eigenvalue weighted by Crippen LogP contribution is -2.20. The third kappa shape index (κ3) is 3.04. The third-order valence-corrected chi connectivity index (χ3v) is 3.41. The van der Waals surface area contributed by atoms with Crippen LogP contribution in [0.4, 0.5) is 5.69 Å². The van der Waals surface area contributed by atoms with Crippen LogP contribution in [-0.2, 0) is 0 Å². The van der Waals surface area contributed by atoms with Crippen LogP contribution < -0.4 is 0 Å². The van der Waals surface area contributed by atoms with Crippen LogP contribution in [0.5, 0.6) is 0 Å². The second-order valence-electron chi connectivity index (χ2n) is 4.63. The summed E-state index contributed by atoms with van der Waals surface area (Å²) in [7, 11) is 0. The molecule has 0 aliphatic rings. The largest absolute Gasteiger partial charge is 0.294 e. The standard InChI is InChI=1S/C11H11BrClNO3/c1-11(2,3)10(15)7-4-6(14(16)17)5-8(12)9(7)13/h4-5H,1-3H3. The molecule has 1 rings (SSSR count). The molecule has 0 aliphatic heterocycles. The molecule has 0 saturated heterocycles. The Labute approximate surface area is 112 Å². The molecule has 0 fully saturated rings. The van der Waals surface area contributed by atoms with Crippen LogP contribution in [0.25, 0.3) is 0 Å². The molecule has 1 aromatic rings.